The predicted octanol–water partition coefficient (Wildman–Crippen LogP) is 3.70. The Kier molecular flexibility index (Phi) is 4.12. The Morgan fingerprint density at radius 1 is 1.33 bits per heavy atom. The maximum atomic E-state index is 10.9. The van der Waals surface area contributed by atoms with Gasteiger partial charge in [0.2, 0.25) is 0 Å². The third-order valence-corrected chi connectivity index (χ3v) is 3.87. The molecule has 98 valence electrons. The Labute approximate surface area is 112 Å². The van der Waals surface area contributed by atoms with Gasteiger partial charge in [-0.3, -0.25) is 4.79 Å². The number of carbonyl (C=O) groups is 1. The molecule has 0 radical (unpaired) electrons. The van der Waals surface area contributed by atoms with Crippen LogP contribution >= 0.6 is 11.6 Å². The molecule has 2 N–H and O–H groups in total. The van der Waals surface area contributed by atoms with Gasteiger partial charge in [0.25, 0.3) is 0 Å². The van der Waals surface area contributed by atoms with Crippen molar-refractivity contribution in [3.8, 4) is 0 Å². The standard InChI is InChI=1S/C14H18ClNO2/c1-9-2-5-11(15)8-13(9)16-12-6-3-10(4-7-12)14(17)18/h2,5,8,10,12,16H,3-4,6-7H2,1H3,(H,17,18). The number of anilines is 1. The largest absolute Gasteiger partial charge is 0.481 e. The summed E-state index contributed by atoms with van der Waals surface area (Å²) in [5.74, 6) is -0.823. The molecule has 1 aromatic carbocycles. The van der Waals surface area contributed by atoms with E-state index in [2.05, 4.69) is 5.32 Å². The van der Waals surface area contributed by atoms with Crippen LogP contribution in [0.15, 0.2) is 18.2 Å². The first-order valence-electron chi connectivity index (χ1n) is 6.32. The van der Waals surface area contributed by atoms with E-state index in [0.717, 1.165) is 36.4 Å². The molecule has 3 nitrogen and oxygen atoms in total. The molecular formula is C14H18ClNO2. The highest BCUT2D eigenvalue weighted by Crippen LogP contribution is 2.28. The smallest absolute Gasteiger partial charge is 0.306 e. The van der Waals surface area contributed by atoms with Gasteiger partial charge < -0.3 is 10.4 Å². The number of hydrogen-bond donors (Lipinski definition) is 2. The number of carboxylic acid groups (broad SMARTS) is 1. The fraction of sp³-hybridized carbons (Fsp3) is 0.500. The molecule has 1 aromatic rings. The van der Waals surface area contributed by atoms with Crippen molar-refractivity contribution in [2.75, 3.05) is 5.32 Å². The van der Waals surface area contributed by atoms with Gasteiger partial charge in [-0.1, -0.05) is 17.7 Å². The van der Waals surface area contributed by atoms with E-state index in [4.69, 9.17) is 16.7 Å². The third kappa shape index (κ3) is 3.16. The van der Waals surface area contributed by atoms with Crippen LogP contribution in [-0.2, 0) is 4.79 Å². The average molecular weight is 268 g/mol. The molecule has 1 fully saturated rings. The number of nitrogens with one attached hydrogen (secondary N) is 1. The van der Waals surface area contributed by atoms with Gasteiger partial charge in [-0.15, -0.1) is 0 Å². The fourth-order valence-corrected chi connectivity index (χ4v) is 2.63. The van der Waals surface area contributed by atoms with Gasteiger partial charge in [-0.25, -0.2) is 0 Å². The molecule has 1 saturated carbocycles. The Morgan fingerprint density at radius 3 is 2.61 bits per heavy atom. The van der Waals surface area contributed by atoms with Crippen LogP contribution in [0.4, 0.5) is 5.69 Å². The molecule has 0 aromatic heterocycles. The quantitative estimate of drug-likeness (QED) is 0.878. The summed E-state index contributed by atoms with van der Waals surface area (Å²) in [6.07, 6.45) is 3.32. The summed E-state index contributed by atoms with van der Waals surface area (Å²) in [6, 6.07) is 6.16. The molecule has 1 aliphatic carbocycles. The third-order valence-electron chi connectivity index (χ3n) is 3.64. The fourth-order valence-electron chi connectivity index (χ4n) is 2.45. The van der Waals surface area contributed by atoms with Crippen LogP contribution in [0.3, 0.4) is 0 Å². The molecule has 0 heterocycles. The molecule has 0 unspecified atom stereocenters. The zero-order chi connectivity index (χ0) is 13.1. The Hall–Kier alpha value is -1.22. The predicted molar refractivity (Wildman–Crippen MR) is 73.2 cm³/mol. The van der Waals surface area contributed by atoms with Gasteiger partial charge in [0.1, 0.15) is 0 Å². The van der Waals surface area contributed by atoms with Gasteiger partial charge in [0, 0.05) is 16.8 Å². The monoisotopic (exact) mass is 267 g/mol. The zero-order valence-electron chi connectivity index (χ0n) is 10.4. The molecule has 18 heavy (non-hydrogen) atoms. The molecule has 1 aliphatic rings. The van der Waals surface area contributed by atoms with E-state index in [0.29, 0.717) is 6.04 Å². The molecule has 0 amide bonds. The lowest BCUT2D eigenvalue weighted by molar-refractivity contribution is -0.142. The highest BCUT2D eigenvalue weighted by atomic mass is 35.5. The van der Waals surface area contributed by atoms with Crippen molar-refractivity contribution < 1.29 is 9.90 Å². The summed E-state index contributed by atoms with van der Waals surface area (Å²) >= 11 is 5.98. The first-order chi connectivity index (χ1) is 8.56. The summed E-state index contributed by atoms with van der Waals surface area (Å²) in [7, 11) is 0. The molecule has 0 aliphatic heterocycles. The SMILES string of the molecule is Cc1ccc(Cl)cc1NC1CCC(C(=O)O)CC1. The van der Waals surface area contributed by atoms with Crippen LogP contribution in [0.2, 0.25) is 5.02 Å². The number of carboxylic acids is 1. The Balaban J connectivity index is 1.95. The second-order valence-electron chi connectivity index (χ2n) is 4.99. The van der Waals surface area contributed by atoms with E-state index in [1.165, 1.54) is 5.56 Å². The number of aryl methyl sites for hydroxylation is 1. The summed E-state index contributed by atoms with van der Waals surface area (Å²) < 4.78 is 0. The van der Waals surface area contributed by atoms with Crippen molar-refractivity contribution >= 4 is 23.3 Å². The van der Waals surface area contributed by atoms with E-state index in [1.807, 2.05) is 25.1 Å². The summed E-state index contributed by atoms with van der Waals surface area (Å²) in [5, 5.41) is 13.2. The number of rotatable bonds is 3. The Morgan fingerprint density at radius 2 is 2.00 bits per heavy atom. The second kappa shape index (κ2) is 5.61. The highest BCUT2D eigenvalue weighted by molar-refractivity contribution is 6.30. The molecule has 0 saturated heterocycles. The lowest BCUT2D eigenvalue weighted by Crippen LogP contribution is -2.29. The topological polar surface area (TPSA) is 49.3 Å². The van der Waals surface area contributed by atoms with Gasteiger partial charge in [-0.2, -0.15) is 0 Å². The van der Waals surface area contributed by atoms with Crippen LogP contribution in [-0.4, -0.2) is 17.1 Å². The van der Waals surface area contributed by atoms with E-state index < -0.39 is 5.97 Å². The minimum absolute atomic E-state index is 0.163. The number of halogens is 1. The van der Waals surface area contributed by atoms with E-state index in [1.54, 1.807) is 0 Å². The molecular weight excluding hydrogens is 250 g/mol. The minimum Gasteiger partial charge on any atom is -0.481 e. The van der Waals surface area contributed by atoms with Crippen LogP contribution in [0.5, 0.6) is 0 Å². The van der Waals surface area contributed by atoms with Gasteiger partial charge in [0.15, 0.2) is 0 Å². The van der Waals surface area contributed by atoms with Crippen LogP contribution < -0.4 is 5.32 Å². The zero-order valence-corrected chi connectivity index (χ0v) is 11.2. The number of benzene rings is 1. The van der Waals surface area contributed by atoms with E-state index in [9.17, 15) is 4.79 Å². The molecule has 0 spiro atoms. The van der Waals surface area contributed by atoms with Gasteiger partial charge >= 0.3 is 5.97 Å². The normalized spacial score (nSPS) is 23.7. The van der Waals surface area contributed by atoms with Crippen molar-refractivity contribution in [3.63, 3.8) is 0 Å². The van der Waals surface area contributed by atoms with Crippen LogP contribution in [0.1, 0.15) is 31.2 Å². The summed E-state index contributed by atoms with van der Waals surface area (Å²) in [4.78, 5) is 10.9. The maximum Gasteiger partial charge on any atom is 0.306 e. The first-order valence-corrected chi connectivity index (χ1v) is 6.69. The second-order valence-corrected chi connectivity index (χ2v) is 5.43. The number of aliphatic carboxylic acids is 1. The maximum absolute atomic E-state index is 10.9. The van der Waals surface area contributed by atoms with Crippen molar-refractivity contribution in [1.29, 1.82) is 0 Å². The van der Waals surface area contributed by atoms with Crippen molar-refractivity contribution in [3.05, 3.63) is 28.8 Å². The minimum atomic E-state index is -0.660. The lowest BCUT2D eigenvalue weighted by atomic mass is 9.86. The Bertz CT molecular complexity index is 439. The van der Waals surface area contributed by atoms with Crippen molar-refractivity contribution in [1.82, 2.24) is 0 Å². The van der Waals surface area contributed by atoms with Crippen LogP contribution in [0.25, 0.3) is 0 Å². The average Bonchev–Trinajstić information content (AvgIpc) is 2.34. The van der Waals surface area contributed by atoms with Crippen molar-refractivity contribution in [2.45, 2.75) is 38.6 Å². The van der Waals surface area contributed by atoms with Crippen LogP contribution in [0, 0.1) is 12.8 Å². The first kappa shape index (κ1) is 13.2. The number of hydrogen-bond acceptors (Lipinski definition) is 2. The molecule has 4 heteroatoms. The summed E-state index contributed by atoms with van der Waals surface area (Å²) in [6.45, 7) is 2.04. The summed E-state index contributed by atoms with van der Waals surface area (Å²) in [5.41, 5.74) is 2.22. The molecule has 0 bridgehead atoms. The van der Waals surface area contributed by atoms with E-state index >= 15 is 0 Å². The van der Waals surface area contributed by atoms with Crippen molar-refractivity contribution in [2.24, 2.45) is 5.92 Å². The lowest BCUT2D eigenvalue weighted by Gasteiger charge is -2.28. The van der Waals surface area contributed by atoms with Gasteiger partial charge in [0.05, 0.1) is 5.92 Å². The molecule has 0 atom stereocenters. The van der Waals surface area contributed by atoms with E-state index in [-0.39, 0.29) is 5.92 Å². The highest BCUT2D eigenvalue weighted by Gasteiger charge is 2.25. The van der Waals surface area contributed by atoms with Gasteiger partial charge in [-0.05, 0) is 50.3 Å². The molecule has 2 rings (SSSR count).